The number of fused-ring (bicyclic) bond motifs is 1. The molecule has 0 fully saturated rings. The van der Waals surface area contributed by atoms with Crippen LogP contribution in [0.2, 0.25) is 0 Å². The predicted octanol–water partition coefficient (Wildman–Crippen LogP) is 1.93. The van der Waals surface area contributed by atoms with Gasteiger partial charge in [-0.15, -0.1) is 0 Å². The minimum Gasteiger partial charge on any atom is -0.478 e. The highest BCUT2D eigenvalue weighted by atomic mass is 127. The molecule has 0 saturated carbocycles. The summed E-state index contributed by atoms with van der Waals surface area (Å²) in [6.45, 7) is 0.133. The number of carboxylic acids is 1. The van der Waals surface area contributed by atoms with Crippen molar-refractivity contribution in [3.63, 3.8) is 0 Å². The van der Waals surface area contributed by atoms with Gasteiger partial charge >= 0.3 is 11.9 Å². The van der Waals surface area contributed by atoms with Crippen molar-refractivity contribution in [3.05, 3.63) is 67.3 Å². The molecule has 0 atom stereocenters. The summed E-state index contributed by atoms with van der Waals surface area (Å²) >= 11 is 1.94. The molecule has 9 heteroatoms. The fourth-order valence-corrected chi connectivity index (χ4v) is 3.36. The number of aromatic carboxylic acids is 1. The number of rotatable bonds is 4. The largest absolute Gasteiger partial charge is 0.478 e. The third-order valence-corrected chi connectivity index (χ3v) is 4.67. The molecule has 27 heavy (non-hydrogen) atoms. The lowest BCUT2D eigenvalue weighted by atomic mass is 10.1. The lowest BCUT2D eigenvalue weighted by Crippen LogP contribution is -2.22. The summed E-state index contributed by atoms with van der Waals surface area (Å²) in [5.74, 6) is -1.72. The third-order valence-electron chi connectivity index (χ3n) is 4.04. The molecular weight excluding hydrogens is 465 g/mol. The first-order chi connectivity index (χ1) is 12.9. The van der Waals surface area contributed by atoms with Gasteiger partial charge in [0, 0.05) is 10.1 Å². The topological polar surface area (TPSA) is 125 Å². The Balaban J connectivity index is 2.33. The first kappa shape index (κ1) is 19.0. The smallest absolute Gasteiger partial charge is 0.337 e. The molecule has 0 aliphatic rings. The van der Waals surface area contributed by atoms with Crippen molar-refractivity contribution in [2.75, 3.05) is 7.11 Å². The third kappa shape index (κ3) is 3.43. The van der Waals surface area contributed by atoms with E-state index >= 15 is 0 Å². The van der Waals surface area contributed by atoms with Gasteiger partial charge in [0.1, 0.15) is 6.33 Å². The maximum Gasteiger partial charge on any atom is 0.337 e. The number of carbonyl (C=O) groups is 2. The Kier molecular flexibility index (Phi) is 5.24. The van der Waals surface area contributed by atoms with Gasteiger partial charge in [-0.3, -0.25) is 9.36 Å². The van der Waals surface area contributed by atoms with Crippen LogP contribution in [0.15, 0.2) is 41.5 Å². The Morgan fingerprint density at radius 1 is 1.30 bits per heavy atom. The Morgan fingerprint density at radius 3 is 2.67 bits per heavy atom. The number of hydrogen-bond acceptors (Lipinski definition) is 6. The van der Waals surface area contributed by atoms with E-state index in [1.807, 2.05) is 22.6 Å². The molecule has 8 nitrogen and oxygen atoms in total. The number of nitrogens with zero attached hydrogens (tertiary/aromatic N) is 2. The molecule has 0 aliphatic carbocycles. The van der Waals surface area contributed by atoms with Crippen LogP contribution >= 0.6 is 22.6 Å². The molecule has 3 aromatic rings. The van der Waals surface area contributed by atoms with Crippen molar-refractivity contribution in [2.24, 2.45) is 5.73 Å². The molecular formula is C18H14IN3O5. The number of nitrogens with two attached hydrogens (primary N) is 1. The predicted molar refractivity (Wildman–Crippen MR) is 106 cm³/mol. The van der Waals surface area contributed by atoms with Crippen LogP contribution in [-0.4, -0.2) is 33.7 Å². The van der Waals surface area contributed by atoms with Gasteiger partial charge in [0.15, 0.2) is 0 Å². The number of esters is 1. The van der Waals surface area contributed by atoms with Gasteiger partial charge < -0.3 is 15.6 Å². The lowest BCUT2D eigenvalue weighted by Gasteiger charge is -2.13. The standard InChI is InChI=1S/C18H14IN3O5/c1-27-18(26)9-2-3-10(7-20)14(4-9)22-8-21-15-12(16(22)23)5-11(19)6-13(15)17(24)25/h2-6,8H,7,20H2,1H3,(H,24,25). The summed E-state index contributed by atoms with van der Waals surface area (Å²) in [6, 6.07) is 7.71. The number of ether oxygens (including phenoxy) is 1. The fourth-order valence-electron chi connectivity index (χ4n) is 2.74. The molecule has 0 bridgehead atoms. The van der Waals surface area contributed by atoms with Crippen LogP contribution in [0.5, 0.6) is 0 Å². The van der Waals surface area contributed by atoms with Crippen LogP contribution in [0.25, 0.3) is 16.6 Å². The molecule has 0 saturated heterocycles. The second kappa shape index (κ2) is 7.45. The van der Waals surface area contributed by atoms with Crippen molar-refractivity contribution < 1.29 is 19.4 Å². The highest BCUT2D eigenvalue weighted by Crippen LogP contribution is 2.21. The van der Waals surface area contributed by atoms with Gasteiger partial charge in [0.2, 0.25) is 0 Å². The zero-order valence-electron chi connectivity index (χ0n) is 14.1. The molecule has 3 N–H and O–H groups in total. The van der Waals surface area contributed by atoms with E-state index in [1.54, 1.807) is 18.2 Å². The molecule has 0 radical (unpaired) electrons. The Bertz CT molecular complexity index is 1140. The summed E-state index contributed by atoms with van der Waals surface area (Å²) in [5, 5.41) is 9.53. The number of carboxylic acid groups (broad SMARTS) is 1. The van der Waals surface area contributed by atoms with E-state index in [0.29, 0.717) is 14.8 Å². The second-order valence-electron chi connectivity index (χ2n) is 5.61. The van der Waals surface area contributed by atoms with E-state index in [-0.39, 0.29) is 28.6 Å². The van der Waals surface area contributed by atoms with Crippen molar-refractivity contribution >= 4 is 45.4 Å². The first-order valence-electron chi connectivity index (χ1n) is 7.73. The minimum absolute atomic E-state index is 0.0523. The Hall–Kier alpha value is -2.79. The highest BCUT2D eigenvalue weighted by Gasteiger charge is 2.17. The fraction of sp³-hybridized carbons (Fsp3) is 0.111. The van der Waals surface area contributed by atoms with Gasteiger partial charge in [0.25, 0.3) is 5.56 Å². The summed E-state index contributed by atoms with van der Waals surface area (Å²) in [5.41, 5.74) is 6.61. The summed E-state index contributed by atoms with van der Waals surface area (Å²) in [4.78, 5) is 40.5. The molecule has 138 valence electrons. The zero-order valence-corrected chi connectivity index (χ0v) is 16.3. The van der Waals surface area contributed by atoms with Gasteiger partial charge in [-0.1, -0.05) is 6.07 Å². The van der Waals surface area contributed by atoms with E-state index in [2.05, 4.69) is 4.98 Å². The van der Waals surface area contributed by atoms with Crippen LogP contribution in [-0.2, 0) is 11.3 Å². The quantitative estimate of drug-likeness (QED) is 0.433. The summed E-state index contributed by atoms with van der Waals surface area (Å²) in [7, 11) is 1.26. The van der Waals surface area contributed by atoms with Crippen LogP contribution < -0.4 is 11.3 Å². The summed E-state index contributed by atoms with van der Waals surface area (Å²) in [6.07, 6.45) is 1.24. The monoisotopic (exact) mass is 479 g/mol. The van der Waals surface area contributed by atoms with Crippen molar-refractivity contribution in [1.29, 1.82) is 0 Å². The number of carbonyl (C=O) groups excluding carboxylic acids is 1. The first-order valence-corrected chi connectivity index (χ1v) is 8.81. The van der Waals surface area contributed by atoms with Gasteiger partial charge in [0.05, 0.1) is 34.8 Å². The van der Waals surface area contributed by atoms with Crippen LogP contribution in [0.1, 0.15) is 26.3 Å². The molecule has 1 aromatic heterocycles. The van der Waals surface area contributed by atoms with Crippen molar-refractivity contribution in [3.8, 4) is 5.69 Å². The Labute approximate surface area is 166 Å². The van der Waals surface area contributed by atoms with Crippen LogP contribution in [0.3, 0.4) is 0 Å². The average molecular weight is 479 g/mol. The molecule has 1 heterocycles. The van der Waals surface area contributed by atoms with Crippen LogP contribution in [0, 0.1) is 3.57 Å². The number of benzene rings is 2. The SMILES string of the molecule is COC(=O)c1ccc(CN)c(-n2cnc3c(C(=O)O)cc(I)cc3c2=O)c1. The molecule has 2 aromatic carbocycles. The van der Waals surface area contributed by atoms with Gasteiger partial charge in [-0.05, 0) is 52.4 Å². The molecule has 3 rings (SSSR count). The van der Waals surface area contributed by atoms with E-state index < -0.39 is 17.5 Å². The van der Waals surface area contributed by atoms with Crippen molar-refractivity contribution in [1.82, 2.24) is 9.55 Å². The molecule has 0 aliphatic heterocycles. The van der Waals surface area contributed by atoms with Crippen LogP contribution in [0.4, 0.5) is 0 Å². The van der Waals surface area contributed by atoms with E-state index in [9.17, 15) is 19.5 Å². The highest BCUT2D eigenvalue weighted by molar-refractivity contribution is 14.1. The summed E-state index contributed by atoms with van der Waals surface area (Å²) < 4.78 is 6.56. The minimum atomic E-state index is -1.17. The van der Waals surface area contributed by atoms with E-state index in [4.69, 9.17) is 10.5 Å². The second-order valence-corrected chi connectivity index (χ2v) is 6.86. The average Bonchev–Trinajstić information content (AvgIpc) is 2.67. The van der Waals surface area contributed by atoms with E-state index in [1.165, 1.54) is 30.1 Å². The number of hydrogen-bond donors (Lipinski definition) is 2. The van der Waals surface area contributed by atoms with Gasteiger partial charge in [-0.25, -0.2) is 14.6 Å². The lowest BCUT2D eigenvalue weighted by molar-refractivity contribution is 0.0599. The molecule has 0 amide bonds. The van der Waals surface area contributed by atoms with Gasteiger partial charge in [-0.2, -0.15) is 0 Å². The molecule has 0 spiro atoms. The normalized spacial score (nSPS) is 10.8. The zero-order chi connectivity index (χ0) is 19.7. The Morgan fingerprint density at radius 2 is 2.04 bits per heavy atom. The number of halogens is 1. The van der Waals surface area contributed by atoms with E-state index in [0.717, 1.165) is 0 Å². The molecule has 0 unspecified atom stereocenters. The maximum atomic E-state index is 13.0. The number of methoxy groups -OCH3 is 1. The van der Waals surface area contributed by atoms with Crippen molar-refractivity contribution in [2.45, 2.75) is 6.54 Å². The maximum absolute atomic E-state index is 13.0. The number of aromatic nitrogens is 2.